The molecule has 3 aliphatic rings. The lowest BCUT2D eigenvalue weighted by Gasteiger charge is -2.30. The molecule has 3 heteroatoms. The zero-order valence-electron chi connectivity index (χ0n) is 11.7. The van der Waals surface area contributed by atoms with Crippen LogP contribution in [-0.2, 0) is 4.74 Å². The highest BCUT2D eigenvalue weighted by atomic mass is 16.5. The molecule has 2 aliphatic heterocycles. The van der Waals surface area contributed by atoms with E-state index in [1.807, 2.05) is 0 Å². The van der Waals surface area contributed by atoms with Gasteiger partial charge in [-0.25, -0.2) is 0 Å². The lowest BCUT2D eigenvalue weighted by atomic mass is 9.94. The number of ether oxygens (including phenoxy) is 1. The second-order valence-electron chi connectivity index (χ2n) is 6.58. The van der Waals surface area contributed by atoms with Gasteiger partial charge in [0, 0.05) is 25.7 Å². The Morgan fingerprint density at radius 2 is 2.06 bits per heavy atom. The zero-order valence-corrected chi connectivity index (χ0v) is 11.7. The van der Waals surface area contributed by atoms with Gasteiger partial charge in [-0.05, 0) is 57.5 Å². The molecule has 4 atom stereocenters. The first kappa shape index (κ1) is 12.9. The maximum Gasteiger partial charge on any atom is 0.0701 e. The first-order valence-electron chi connectivity index (χ1n) is 7.86. The molecule has 3 fully saturated rings. The number of hydrogen-bond donors (Lipinski definition) is 1. The maximum atomic E-state index is 5.84. The molecule has 0 aromatic heterocycles. The van der Waals surface area contributed by atoms with Crippen LogP contribution in [0.25, 0.3) is 0 Å². The van der Waals surface area contributed by atoms with Gasteiger partial charge in [0.05, 0.1) is 6.10 Å². The molecule has 1 N–H and O–H groups in total. The van der Waals surface area contributed by atoms with Gasteiger partial charge in [0.15, 0.2) is 0 Å². The Morgan fingerprint density at radius 1 is 1.11 bits per heavy atom. The van der Waals surface area contributed by atoms with Crippen molar-refractivity contribution >= 4 is 0 Å². The molecule has 104 valence electrons. The largest absolute Gasteiger partial charge is 0.377 e. The van der Waals surface area contributed by atoms with Crippen LogP contribution >= 0.6 is 0 Å². The maximum absolute atomic E-state index is 5.84. The molecule has 4 unspecified atom stereocenters. The van der Waals surface area contributed by atoms with Crippen LogP contribution in [0.2, 0.25) is 0 Å². The lowest BCUT2D eigenvalue weighted by molar-refractivity contribution is -0.00299. The normalized spacial score (nSPS) is 40.3. The van der Waals surface area contributed by atoms with E-state index >= 15 is 0 Å². The Hall–Kier alpha value is -0.120. The van der Waals surface area contributed by atoms with Crippen molar-refractivity contribution in [1.82, 2.24) is 10.2 Å². The van der Waals surface area contributed by atoms with E-state index in [0.29, 0.717) is 6.10 Å². The van der Waals surface area contributed by atoms with Crippen molar-refractivity contribution in [1.29, 1.82) is 0 Å². The third-order valence-electron chi connectivity index (χ3n) is 5.17. The van der Waals surface area contributed by atoms with Crippen molar-refractivity contribution in [3.05, 3.63) is 0 Å². The smallest absolute Gasteiger partial charge is 0.0701 e. The fourth-order valence-corrected chi connectivity index (χ4v) is 4.21. The van der Waals surface area contributed by atoms with Gasteiger partial charge in [-0.2, -0.15) is 0 Å². The Balaban J connectivity index is 1.44. The van der Waals surface area contributed by atoms with E-state index in [4.69, 9.17) is 4.74 Å². The summed E-state index contributed by atoms with van der Waals surface area (Å²) in [5.41, 5.74) is 0. The van der Waals surface area contributed by atoms with Crippen LogP contribution in [0.15, 0.2) is 0 Å². The molecule has 0 amide bonds. The summed E-state index contributed by atoms with van der Waals surface area (Å²) < 4.78 is 5.84. The summed E-state index contributed by atoms with van der Waals surface area (Å²) in [6.07, 6.45) is 8.74. The van der Waals surface area contributed by atoms with Crippen molar-refractivity contribution in [2.24, 2.45) is 11.8 Å². The van der Waals surface area contributed by atoms with E-state index in [1.54, 1.807) is 0 Å². The monoisotopic (exact) mass is 252 g/mol. The van der Waals surface area contributed by atoms with Crippen molar-refractivity contribution < 1.29 is 4.74 Å². The molecule has 0 radical (unpaired) electrons. The first-order valence-corrected chi connectivity index (χ1v) is 7.86. The summed E-state index contributed by atoms with van der Waals surface area (Å²) in [6, 6.07) is 0.742. The summed E-state index contributed by atoms with van der Waals surface area (Å²) in [4.78, 5) is 2.49. The standard InChI is InChI=1S/C15H28N2O/c1-17(10-13-6-2-3-8-18-13)11-15-14-7-4-5-12(14)9-16-15/h12-16H,2-11H2,1H3. The van der Waals surface area contributed by atoms with E-state index in [1.165, 1.54) is 51.6 Å². The van der Waals surface area contributed by atoms with Crippen molar-refractivity contribution in [3.8, 4) is 0 Å². The second-order valence-corrected chi connectivity index (χ2v) is 6.58. The topological polar surface area (TPSA) is 24.5 Å². The average Bonchev–Trinajstić information content (AvgIpc) is 2.95. The molecular formula is C15H28N2O. The summed E-state index contributed by atoms with van der Waals surface area (Å²) >= 11 is 0. The van der Waals surface area contributed by atoms with E-state index in [-0.39, 0.29) is 0 Å². The van der Waals surface area contributed by atoms with Gasteiger partial charge >= 0.3 is 0 Å². The number of nitrogens with one attached hydrogen (secondary N) is 1. The molecule has 3 nitrogen and oxygen atoms in total. The van der Waals surface area contributed by atoms with E-state index in [9.17, 15) is 0 Å². The zero-order chi connectivity index (χ0) is 12.4. The van der Waals surface area contributed by atoms with Crippen LogP contribution in [0.1, 0.15) is 38.5 Å². The molecule has 0 aromatic rings. The fraction of sp³-hybridized carbons (Fsp3) is 1.00. The van der Waals surface area contributed by atoms with Gasteiger partial charge in [-0.3, -0.25) is 0 Å². The van der Waals surface area contributed by atoms with Crippen LogP contribution in [-0.4, -0.2) is 50.3 Å². The molecule has 18 heavy (non-hydrogen) atoms. The number of fused-ring (bicyclic) bond motifs is 1. The quantitative estimate of drug-likeness (QED) is 0.827. The van der Waals surface area contributed by atoms with Crippen LogP contribution in [0, 0.1) is 11.8 Å². The molecule has 2 saturated heterocycles. The summed E-state index contributed by atoms with van der Waals surface area (Å²) in [5, 5.41) is 3.74. The van der Waals surface area contributed by atoms with Crippen molar-refractivity contribution in [3.63, 3.8) is 0 Å². The molecule has 2 heterocycles. The number of likely N-dealkylation sites (N-methyl/N-ethyl adjacent to an activating group) is 1. The third-order valence-corrected chi connectivity index (χ3v) is 5.17. The number of hydrogen-bond acceptors (Lipinski definition) is 3. The molecule has 1 saturated carbocycles. The average molecular weight is 252 g/mol. The minimum atomic E-state index is 0.490. The minimum absolute atomic E-state index is 0.490. The van der Waals surface area contributed by atoms with Crippen LogP contribution in [0.3, 0.4) is 0 Å². The highest BCUT2D eigenvalue weighted by Gasteiger charge is 2.39. The van der Waals surface area contributed by atoms with E-state index in [0.717, 1.165) is 31.0 Å². The minimum Gasteiger partial charge on any atom is -0.377 e. The van der Waals surface area contributed by atoms with Gasteiger partial charge < -0.3 is 15.0 Å². The summed E-state index contributed by atoms with van der Waals surface area (Å²) in [6.45, 7) is 4.57. The Morgan fingerprint density at radius 3 is 2.89 bits per heavy atom. The predicted octanol–water partition coefficient (Wildman–Crippen LogP) is 1.88. The van der Waals surface area contributed by atoms with Crippen molar-refractivity contribution in [2.75, 3.05) is 33.3 Å². The first-order chi connectivity index (χ1) is 8.83. The highest BCUT2D eigenvalue weighted by Crippen LogP contribution is 2.37. The molecule has 1 aliphatic carbocycles. The van der Waals surface area contributed by atoms with E-state index < -0.39 is 0 Å². The number of nitrogens with zero attached hydrogens (tertiary/aromatic N) is 1. The highest BCUT2D eigenvalue weighted by molar-refractivity contribution is 4.95. The van der Waals surface area contributed by atoms with Crippen LogP contribution in [0.5, 0.6) is 0 Å². The molecule has 3 rings (SSSR count). The van der Waals surface area contributed by atoms with Crippen LogP contribution < -0.4 is 5.32 Å². The molecule has 0 aromatic carbocycles. The molecule has 0 spiro atoms. The van der Waals surface area contributed by atoms with Crippen molar-refractivity contribution in [2.45, 2.75) is 50.7 Å². The Labute approximate surface area is 111 Å². The summed E-state index contributed by atoms with van der Waals surface area (Å²) in [7, 11) is 2.27. The van der Waals surface area contributed by atoms with Gasteiger partial charge in [0.1, 0.15) is 0 Å². The van der Waals surface area contributed by atoms with Gasteiger partial charge in [-0.15, -0.1) is 0 Å². The predicted molar refractivity (Wildman–Crippen MR) is 73.7 cm³/mol. The molecular weight excluding hydrogens is 224 g/mol. The summed E-state index contributed by atoms with van der Waals surface area (Å²) in [5.74, 6) is 1.94. The van der Waals surface area contributed by atoms with Gasteiger partial charge in [0.25, 0.3) is 0 Å². The molecule has 0 bridgehead atoms. The second kappa shape index (κ2) is 5.89. The van der Waals surface area contributed by atoms with Gasteiger partial charge in [-0.1, -0.05) is 6.42 Å². The Kier molecular flexibility index (Phi) is 4.22. The van der Waals surface area contributed by atoms with E-state index in [2.05, 4.69) is 17.3 Å². The fourth-order valence-electron chi connectivity index (χ4n) is 4.21. The van der Waals surface area contributed by atoms with Crippen LogP contribution in [0.4, 0.5) is 0 Å². The SMILES string of the molecule is CN(CC1CCCCO1)CC1NCC2CCCC21. The Bertz CT molecular complexity index is 265. The van der Waals surface area contributed by atoms with Gasteiger partial charge in [0.2, 0.25) is 0 Å². The number of rotatable bonds is 4. The third kappa shape index (κ3) is 2.89. The lowest BCUT2D eigenvalue weighted by Crippen LogP contribution is -2.42.